The number of benzene rings is 2. The van der Waals surface area contributed by atoms with Crippen LogP contribution in [0.1, 0.15) is 16.7 Å². The van der Waals surface area contributed by atoms with Crippen LogP contribution in [0.5, 0.6) is 0 Å². The molecule has 0 aliphatic rings. The molecule has 2 aromatic rings. The highest BCUT2D eigenvalue weighted by Crippen LogP contribution is 2.13. The lowest BCUT2D eigenvalue weighted by molar-refractivity contribution is -0.115. The van der Waals surface area contributed by atoms with E-state index >= 15 is 0 Å². The lowest BCUT2D eigenvalue weighted by Gasteiger charge is -2.12. The zero-order valence-corrected chi connectivity index (χ0v) is 12.9. The summed E-state index contributed by atoms with van der Waals surface area (Å²) in [6, 6.07) is 16.0. The first-order chi connectivity index (χ1) is 10.0. The van der Waals surface area contributed by atoms with Gasteiger partial charge in [0, 0.05) is 12.2 Å². The van der Waals surface area contributed by atoms with E-state index in [1.165, 1.54) is 5.56 Å². The molecule has 110 valence electrons. The minimum atomic E-state index is 0.0197. The molecule has 0 saturated carbocycles. The second-order valence-electron chi connectivity index (χ2n) is 5.59. The molecular weight excluding hydrogens is 260 g/mol. The first-order valence-electron chi connectivity index (χ1n) is 7.12. The molecule has 0 unspecified atom stereocenters. The average molecular weight is 282 g/mol. The molecule has 2 rings (SSSR count). The number of carbonyl (C=O) groups is 1. The van der Waals surface area contributed by atoms with Gasteiger partial charge in [0.1, 0.15) is 0 Å². The Bertz CT molecular complexity index is 620. The lowest BCUT2D eigenvalue weighted by Crippen LogP contribution is -2.15. The van der Waals surface area contributed by atoms with E-state index in [9.17, 15) is 4.79 Å². The maximum Gasteiger partial charge on any atom is 0.228 e. The Kier molecular flexibility index (Phi) is 5.12. The normalized spacial score (nSPS) is 10.7. The van der Waals surface area contributed by atoms with Gasteiger partial charge in [0.05, 0.1) is 6.42 Å². The van der Waals surface area contributed by atoms with Gasteiger partial charge in [-0.25, -0.2) is 0 Å². The van der Waals surface area contributed by atoms with Gasteiger partial charge in [-0.3, -0.25) is 4.79 Å². The van der Waals surface area contributed by atoms with Crippen molar-refractivity contribution >= 4 is 11.6 Å². The Morgan fingerprint density at radius 2 is 1.86 bits per heavy atom. The second kappa shape index (κ2) is 7.04. The van der Waals surface area contributed by atoms with Gasteiger partial charge in [0.25, 0.3) is 0 Å². The third-order valence-electron chi connectivity index (χ3n) is 3.32. The summed E-state index contributed by atoms with van der Waals surface area (Å²) in [4.78, 5) is 14.3. The van der Waals surface area contributed by atoms with Gasteiger partial charge in [-0.15, -0.1) is 0 Å². The average Bonchev–Trinajstić information content (AvgIpc) is 2.41. The number of aryl methyl sites for hydroxylation is 1. The van der Waals surface area contributed by atoms with Crippen molar-refractivity contribution in [1.29, 1.82) is 0 Å². The van der Waals surface area contributed by atoms with Gasteiger partial charge in [0.15, 0.2) is 0 Å². The van der Waals surface area contributed by atoms with Crippen molar-refractivity contribution in [3.05, 3.63) is 65.2 Å². The molecule has 0 aliphatic carbocycles. The van der Waals surface area contributed by atoms with Crippen LogP contribution in [-0.2, 0) is 17.8 Å². The van der Waals surface area contributed by atoms with Crippen molar-refractivity contribution in [2.45, 2.75) is 19.9 Å². The van der Waals surface area contributed by atoms with Crippen molar-refractivity contribution in [3.8, 4) is 0 Å². The summed E-state index contributed by atoms with van der Waals surface area (Å²) in [5, 5.41) is 2.97. The Balaban J connectivity index is 2.01. The number of hydrogen-bond acceptors (Lipinski definition) is 2. The van der Waals surface area contributed by atoms with Crippen molar-refractivity contribution in [1.82, 2.24) is 4.90 Å². The molecule has 0 atom stereocenters. The first-order valence-corrected chi connectivity index (χ1v) is 7.12. The maximum atomic E-state index is 12.1. The Morgan fingerprint density at radius 1 is 1.10 bits per heavy atom. The minimum absolute atomic E-state index is 0.0197. The molecule has 21 heavy (non-hydrogen) atoms. The van der Waals surface area contributed by atoms with Crippen LogP contribution in [-0.4, -0.2) is 24.9 Å². The van der Waals surface area contributed by atoms with E-state index < -0.39 is 0 Å². The molecule has 2 aromatic carbocycles. The second-order valence-corrected chi connectivity index (χ2v) is 5.59. The number of rotatable bonds is 5. The zero-order valence-electron chi connectivity index (χ0n) is 12.9. The molecule has 0 aromatic heterocycles. The van der Waals surface area contributed by atoms with Crippen LogP contribution in [0.15, 0.2) is 48.5 Å². The molecule has 0 spiro atoms. The molecule has 3 nitrogen and oxygen atoms in total. The lowest BCUT2D eigenvalue weighted by atomic mass is 10.1. The molecular formula is C18H22N2O. The van der Waals surface area contributed by atoms with Gasteiger partial charge >= 0.3 is 0 Å². The zero-order chi connectivity index (χ0) is 15.2. The number of nitrogens with zero attached hydrogens (tertiary/aromatic N) is 1. The van der Waals surface area contributed by atoms with E-state index in [2.05, 4.69) is 16.3 Å². The monoisotopic (exact) mass is 282 g/mol. The maximum absolute atomic E-state index is 12.1. The molecule has 3 heteroatoms. The van der Waals surface area contributed by atoms with Gasteiger partial charge in [-0.2, -0.15) is 0 Å². The highest BCUT2D eigenvalue weighted by molar-refractivity contribution is 5.92. The topological polar surface area (TPSA) is 32.3 Å². The Morgan fingerprint density at radius 3 is 2.57 bits per heavy atom. The summed E-state index contributed by atoms with van der Waals surface area (Å²) >= 11 is 0. The molecule has 0 radical (unpaired) electrons. The van der Waals surface area contributed by atoms with Crippen LogP contribution in [0, 0.1) is 6.92 Å². The standard InChI is InChI=1S/C18H22N2O/c1-14-7-4-5-9-16(14)12-18(21)19-17-10-6-8-15(11-17)13-20(2)3/h4-11H,12-13H2,1-3H3,(H,19,21). The molecule has 0 fully saturated rings. The van der Waals surface area contributed by atoms with Gasteiger partial charge in [0.2, 0.25) is 5.91 Å². The number of nitrogens with one attached hydrogen (secondary N) is 1. The SMILES string of the molecule is Cc1ccccc1CC(=O)Nc1cccc(CN(C)C)c1. The first kappa shape index (κ1) is 15.3. The summed E-state index contributed by atoms with van der Waals surface area (Å²) in [6.07, 6.45) is 0.407. The van der Waals surface area contributed by atoms with Crippen LogP contribution in [0.3, 0.4) is 0 Å². The number of hydrogen-bond donors (Lipinski definition) is 1. The quantitative estimate of drug-likeness (QED) is 0.913. The van der Waals surface area contributed by atoms with Crippen LogP contribution < -0.4 is 5.32 Å². The number of amides is 1. The predicted octanol–water partition coefficient (Wildman–Crippen LogP) is 3.24. The summed E-state index contributed by atoms with van der Waals surface area (Å²) < 4.78 is 0. The largest absolute Gasteiger partial charge is 0.326 e. The van der Waals surface area contributed by atoms with Crippen LogP contribution >= 0.6 is 0 Å². The summed E-state index contributed by atoms with van der Waals surface area (Å²) in [5.41, 5.74) is 4.26. The highest BCUT2D eigenvalue weighted by atomic mass is 16.1. The third kappa shape index (κ3) is 4.72. The van der Waals surface area contributed by atoms with Gasteiger partial charge in [-0.05, 0) is 49.8 Å². The third-order valence-corrected chi connectivity index (χ3v) is 3.32. The number of carbonyl (C=O) groups excluding carboxylic acids is 1. The van der Waals surface area contributed by atoms with Crippen LogP contribution in [0.25, 0.3) is 0 Å². The predicted molar refractivity (Wildman–Crippen MR) is 87.3 cm³/mol. The van der Waals surface area contributed by atoms with Crippen molar-refractivity contribution < 1.29 is 4.79 Å². The van der Waals surface area contributed by atoms with E-state index in [0.717, 1.165) is 23.4 Å². The summed E-state index contributed by atoms with van der Waals surface area (Å²) in [5.74, 6) is 0.0197. The molecule has 0 aliphatic heterocycles. The van der Waals surface area contributed by atoms with E-state index in [0.29, 0.717) is 6.42 Å². The minimum Gasteiger partial charge on any atom is -0.326 e. The summed E-state index contributed by atoms with van der Waals surface area (Å²) in [6.45, 7) is 2.89. The van der Waals surface area contributed by atoms with Crippen molar-refractivity contribution in [3.63, 3.8) is 0 Å². The van der Waals surface area contributed by atoms with Crippen LogP contribution in [0.2, 0.25) is 0 Å². The Hall–Kier alpha value is -2.13. The number of anilines is 1. The van der Waals surface area contributed by atoms with E-state index in [1.807, 2.05) is 63.5 Å². The molecule has 0 saturated heterocycles. The van der Waals surface area contributed by atoms with Crippen LogP contribution in [0.4, 0.5) is 5.69 Å². The molecule has 1 N–H and O–H groups in total. The van der Waals surface area contributed by atoms with Gasteiger partial charge in [-0.1, -0.05) is 36.4 Å². The van der Waals surface area contributed by atoms with E-state index in [-0.39, 0.29) is 5.91 Å². The fourth-order valence-corrected chi connectivity index (χ4v) is 2.30. The van der Waals surface area contributed by atoms with Crippen molar-refractivity contribution in [2.75, 3.05) is 19.4 Å². The van der Waals surface area contributed by atoms with E-state index in [4.69, 9.17) is 0 Å². The Labute approximate surface area is 126 Å². The fraction of sp³-hybridized carbons (Fsp3) is 0.278. The molecule has 1 amide bonds. The molecule has 0 heterocycles. The fourth-order valence-electron chi connectivity index (χ4n) is 2.30. The van der Waals surface area contributed by atoms with E-state index in [1.54, 1.807) is 0 Å². The van der Waals surface area contributed by atoms with Crippen molar-refractivity contribution in [2.24, 2.45) is 0 Å². The smallest absolute Gasteiger partial charge is 0.228 e. The summed E-state index contributed by atoms with van der Waals surface area (Å²) in [7, 11) is 4.06. The molecule has 0 bridgehead atoms. The van der Waals surface area contributed by atoms with Gasteiger partial charge < -0.3 is 10.2 Å². The highest BCUT2D eigenvalue weighted by Gasteiger charge is 2.06.